The zero-order valence-corrected chi connectivity index (χ0v) is 11.4. The van der Waals surface area contributed by atoms with E-state index in [-0.39, 0.29) is 5.82 Å². The molecule has 1 aromatic carbocycles. The van der Waals surface area contributed by atoms with Crippen LogP contribution in [0.15, 0.2) is 12.1 Å². The van der Waals surface area contributed by atoms with Crippen LogP contribution in [0.25, 0.3) is 11.4 Å². The van der Waals surface area contributed by atoms with Crippen LogP contribution in [-0.2, 0) is 0 Å². The lowest BCUT2D eigenvalue weighted by Gasteiger charge is -2.33. The molecule has 20 heavy (non-hydrogen) atoms. The average molecular weight is 277 g/mol. The molecule has 0 unspecified atom stereocenters. The number of benzene rings is 1. The lowest BCUT2D eigenvalue weighted by Crippen LogP contribution is -2.36. The molecule has 0 bridgehead atoms. The molecule has 0 saturated heterocycles. The molecule has 0 spiro atoms. The Balaban J connectivity index is 2.12. The van der Waals surface area contributed by atoms with E-state index in [1.165, 1.54) is 12.1 Å². The monoisotopic (exact) mass is 277 g/mol. The van der Waals surface area contributed by atoms with Gasteiger partial charge in [0.25, 0.3) is 0 Å². The quantitative estimate of drug-likeness (QED) is 0.927. The van der Waals surface area contributed by atoms with Crippen LogP contribution in [-0.4, -0.2) is 40.3 Å². The van der Waals surface area contributed by atoms with Crippen molar-refractivity contribution in [2.75, 3.05) is 24.6 Å². The summed E-state index contributed by atoms with van der Waals surface area (Å²) in [6.45, 7) is 6.47. The van der Waals surface area contributed by atoms with Crippen molar-refractivity contribution in [2.45, 2.75) is 13.8 Å². The topological polar surface area (TPSA) is 66.9 Å². The van der Waals surface area contributed by atoms with Gasteiger partial charge in [-0.2, -0.15) is 5.21 Å². The van der Waals surface area contributed by atoms with Gasteiger partial charge in [0.05, 0.1) is 17.8 Å². The number of nitrogens with zero attached hydrogens (tertiary/aromatic N) is 4. The second-order valence-corrected chi connectivity index (χ2v) is 5.22. The second-order valence-electron chi connectivity index (χ2n) is 5.22. The number of H-pyrrole nitrogens is 1. The van der Waals surface area contributed by atoms with Gasteiger partial charge in [-0.15, -0.1) is 10.2 Å². The maximum Gasteiger partial charge on any atom is 0.206 e. The summed E-state index contributed by atoms with van der Waals surface area (Å²) in [5.74, 6) is 1.04. The van der Waals surface area contributed by atoms with Gasteiger partial charge >= 0.3 is 0 Å². The molecule has 0 radical (unpaired) electrons. The molecule has 0 fully saturated rings. The van der Waals surface area contributed by atoms with Crippen LogP contribution in [0.3, 0.4) is 0 Å². The van der Waals surface area contributed by atoms with Crippen molar-refractivity contribution in [1.29, 1.82) is 0 Å². The highest BCUT2D eigenvalue weighted by Crippen LogP contribution is 2.40. The highest BCUT2D eigenvalue weighted by Gasteiger charge is 2.25. The summed E-state index contributed by atoms with van der Waals surface area (Å²) in [7, 11) is 0. The summed E-state index contributed by atoms with van der Waals surface area (Å²) in [5, 5.41) is 13.8. The van der Waals surface area contributed by atoms with Crippen LogP contribution >= 0.6 is 0 Å². The Labute approximate surface area is 115 Å². The molecule has 106 valence electrons. The number of hydrogen-bond acceptors (Lipinski definition) is 5. The molecular weight excluding hydrogens is 261 g/mol. The van der Waals surface area contributed by atoms with Crippen LogP contribution < -0.4 is 9.64 Å². The van der Waals surface area contributed by atoms with E-state index in [0.29, 0.717) is 29.7 Å². The molecule has 0 amide bonds. The molecule has 1 aromatic heterocycles. The third-order valence-corrected chi connectivity index (χ3v) is 3.15. The Morgan fingerprint density at radius 2 is 2.30 bits per heavy atom. The molecule has 2 heterocycles. The zero-order chi connectivity index (χ0) is 14.1. The number of nitrogens with one attached hydrogen (secondary N) is 1. The number of ether oxygens (including phenoxy) is 1. The first kappa shape index (κ1) is 12.8. The number of rotatable bonds is 3. The van der Waals surface area contributed by atoms with Crippen LogP contribution in [0.4, 0.5) is 10.1 Å². The Bertz CT molecular complexity index is 599. The lowest BCUT2D eigenvalue weighted by atomic mass is 10.1. The third kappa shape index (κ3) is 2.31. The minimum Gasteiger partial charge on any atom is -0.489 e. The molecule has 3 rings (SSSR count). The highest BCUT2D eigenvalue weighted by molar-refractivity contribution is 5.80. The first-order chi connectivity index (χ1) is 9.65. The first-order valence-corrected chi connectivity index (χ1v) is 6.60. The minimum atomic E-state index is -0.366. The smallest absolute Gasteiger partial charge is 0.206 e. The maximum absolute atomic E-state index is 13.8. The number of aromatic nitrogens is 4. The predicted molar refractivity (Wildman–Crippen MR) is 72.1 cm³/mol. The Kier molecular flexibility index (Phi) is 3.25. The lowest BCUT2D eigenvalue weighted by molar-refractivity contribution is 0.303. The SMILES string of the molecule is CC(C)CN1CCOc2cc(F)cc(-c3nn[nH]n3)c21. The molecule has 2 aromatic rings. The number of anilines is 1. The van der Waals surface area contributed by atoms with Crippen molar-refractivity contribution in [1.82, 2.24) is 20.6 Å². The number of tetrazole rings is 1. The van der Waals surface area contributed by atoms with Crippen LogP contribution in [0.2, 0.25) is 0 Å². The maximum atomic E-state index is 13.8. The van der Waals surface area contributed by atoms with Crippen molar-refractivity contribution in [2.24, 2.45) is 5.92 Å². The van der Waals surface area contributed by atoms with E-state index in [0.717, 1.165) is 18.8 Å². The van der Waals surface area contributed by atoms with Gasteiger partial charge in [0.1, 0.15) is 18.2 Å². The van der Waals surface area contributed by atoms with E-state index in [9.17, 15) is 4.39 Å². The van der Waals surface area contributed by atoms with Gasteiger partial charge in [-0.3, -0.25) is 0 Å². The Morgan fingerprint density at radius 1 is 1.45 bits per heavy atom. The molecule has 6 nitrogen and oxygen atoms in total. The van der Waals surface area contributed by atoms with E-state index in [4.69, 9.17) is 4.74 Å². The molecule has 7 heteroatoms. The number of aromatic amines is 1. The molecule has 1 aliphatic rings. The van der Waals surface area contributed by atoms with Crippen LogP contribution in [0.1, 0.15) is 13.8 Å². The Hall–Kier alpha value is -2.18. The summed E-state index contributed by atoms with van der Waals surface area (Å²) in [5.41, 5.74) is 1.45. The van der Waals surface area contributed by atoms with Gasteiger partial charge in [0.15, 0.2) is 0 Å². The van der Waals surface area contributed by atoms with E-state index >= 15 is 0 Å². The fourth-order valence-corrected chi connectivity index (χ4v) is 2.46. The second kappa shape index (κ2) is 5.07. The molecule has 1 aliphatic heterocycles. The summed E-state index contributed by atoms with van der Waals surface area (Å²) in [4.78, 5) is 2.19. The van der Waals surface area contributed by atoms with Crippen molar-refractivity contribution in [3.63, 3.8) is 0 Å². The van der Waals surface area contributed by atoms with Gasteiger partial charge in [-0.05, 0) is 17.2 Å². The molecule has 0 atom stereocenters. The minimum absolute atomic E-state index is 0.366. The predicted octanol–water partition coefficient (Wildman–Crippen LogP) is 1.86. The largest absolute Gasteiger partial charge is 0.489 e. The normalized spacial score (nSPS) is 14.3. The zero-order valence-electron chi connectivity index (χ0n) is 11.4. The third-order valence-electron chi connectivity index (χ3n) is 3.15. The van der Waals surface area contributed by atoms with Crippen molar-refractivity contribution < 1.29 is 9.13 Å². The van der Waals surface area contributed by atoms with Gasteiger partial charge in [0, 0.05) is 12.6 Å². The fraction of sp³-hybridized carbons (Fsp3) is 0.462. The number of halogens is 1. The van der Waals surface area contributed by atoms with E-state index < -0.39 is 0 Å². The van der Waals surface area contributed by atoms with Gasteiger partial charge in [-0.1, -0.05) is 13.8 Å². The van der Waals surface area contributed by atoms with Crippen molar-refractivity contribution in [3.05, 3.63) is 17.9 Å². The molecular formula is C13H16FN5O. The average Bonchev–Trinajstić information content (AvgIpc) is 2.90. The fourth-order valence-electron chi connectivity index (χ4n) is 2.46. The highest BCUT2D eigenvalue weighted by atomic mass is 19.1. The molecule has 1 N–H and O–H groups in total. The summed E-state index contributed by atoms with van der Waals surface area (Å²) in [6.07, 6.45) is 0. The first-order valence-electron chi connectivity index (χ1n) is 6.60. The standard InChI is InChI=1S/C13H16FN5O/c1-8(2)7-19-3-4-20-11-6-9(14)5-10(12(11)19)13-15-17-18-16-13/h5-6,8H,3-4,7H2,1-2H3,(H,15,16,17,18). The van der Waals surface area contributed by atoms with Crippen molar-refractivity contribution in [3.8, 4) is 17.1 Å². The van der Waals surface area contributed by atoms with Gasteiger partial charge < -0.3 is 9.64 Å². The van der Waals surface area contributed by atoms with E-state index in [2.05, 4.69) is 39.4 Å². The Morgan fingerprint density at radius 3 is 3.00 bits per heavy atom. The summed E-state index contributed by atoms with van der Waals surface area (Å²) in [6, 6.07) is 2.83. The van der Waals surface area contributed by atoms with Crippen molar-refractivity contribution >= 4 is 5.69 Å². The van der Waals surface area contributed by atoms with Crippen LogP contribution in [0.5, 0.6) is 5.75 Å². The number of fused-ring (bicyclic) bond motifs is 1. The molecule has 0 aliphatic carbocycles. The summed E-state index contributed by atoms with van der Waals surface area (Å²) < 4.78 is 19.3. The number of hydrogen-bond donors (Lipinski definition) is 1. The summed E-state index contributed by atoms with van der Waals surface area (Å²) >= 11 is 0. The van der Waals surface area contributed by atoms with Crippen LogP contribution in [0, 0.1) is 11.7 Å². The van der Waals surface area contributed by atoms with E-state index in [1.54, 1.807) is 0 Å². The van der Waals surface area contributed by atoms with Gasteiger partial charge in [-0.25, -0.2) is 4.39 Å². The molecule has 0 saturated carbocycles. The van der Waals surface area contributed by atoms with Gasteiger partial charge in [0.2, 0.25) is 5.82 Å². The van der Waals surface area contributed by atoms with E-state index in [1.807, 2.05) is 0 Å².